The molecule has 1 heterocycles. The van der Waals surface area contributed by atoms with Gasteiger partial charge in [-0.05, 0) is 50.4 Å². The summed E-state index contributed by atoms with van der Waals surface area (Å²) in [7, 11) is 0. The van der Waals surface area contributed by atoms with E-state index in [2.05, 4.69) is 24.5 Å². The van der Waals surface area contributed by atoms with Crippen LogP contribution in [-0.2, 0) is 0 Å². The zero-order chi connectivity index (χ0) is 17.4. The molecule has 0 saturated carbocycles. The zero-order valence-corrected chi connectivity index (χ0v) is 15.1. The van der Waals surface area contributed by atoms with E-state index in [4.69, 9.17) is 9.47 Å². The van der Waals surface area contributed by atoms with Crippen LogP contribution in [0.3, 0.4) is 0 Å². The number of carbonyl (C=O) groups excluding carboxylic acids is 1. The average Bonchev–Trinajstić information content (AvgIpc) is 2.58. The number of unbranched alkanes of at least 4 members (excludes halogenated alkanes) is 1. The normalized spacial score (nSPS) is 20.5. The molecule has 2 atom stereocenters. The van der Waals surface area contributed by atoms with Gasteiger partial charge in [0.2, 0.25) is 0 Å². The molecule has 1 saturated heterocycles. The SMILES string of the molecule is CCCCOc1ccc(C(=O)NC2CNCCC2C)cc1OCC. The van der Waals surface area contributed by atoms with Gasteiger partial charge in [-0.25, -0.2) is 0 Å². The van der Waals surface area contributed by atoms with E-state index in [9.17, 15) is 4.79 Å². The van der Waals surface area contributed by atoms with Gasteiger partial charge in [-0.1, -0.05) is 20.3 Å². The number of nitrogens with one attached hydrogen (secondary N) is 2. The van der Waals surface area contributed by atoms with Crippen molar-refractivity contribution in [2.24, 2.45) is 5.92 Å². The maximum absolute atomic E-state index is 12.6. The summed E-state index contributed by atoms with van der Waals surface area (Å²) in [5.74, 6) is 1.76. The number of amides is 1. The summed E-state index contributed by atoms with van der Waals surface area (Å²) in [6.07, 6.45) is 3.16. The van der Waals surface area contributed by atoms with E-state index >= 15 is 0 Å². The zero-order valence-electron chi connectivity index (χ0n) is 15.1. The maximum atomic E-state index is 12.6. The topological polar surface area (TPSA) is 59.6 Å². The highest BCUT2D eigenvalue weighted by molar-refractivity contribution is 5.95. The average molecular weight is 334 g/mol. The molecule has 0 aliphatic carbocycles. The van der Waals surface area contributed by atoms with Crippen LogP contribution in [0.4, 0.5) is 0 Å². The molecule has 5 nitrogen and oxygen atoms in total. The summed E-state index contributed by atoms with van der Waals surface area (Å²) in [4.78, 5) is 12.6. The summed E-state index contributed by atoms with van der Waals surface area (Å²) < 4.78 is 11.4. The Morgan fingerprint density at radius 3 is 2.83 bits per heavy atom. The van der Waals surface area contributed by atoms with Crippen molar-refractivity contribution in [3.05, 3.63) is 23.8 Å². The molecular weight excluding hydrogens is 304 g/mol. The Balaban J connectivity index is 2.05. The molecule has 0 bridgehead atoms. The standard InChI is InChI=1S/C19H30N2O3/c1-4-6-11-24-17-8-7-15(12-18(17)23-5-2)19(22)21-16-13-20-10-9-14(16)3/h7-8,12,14,16,20H,4-6,9-11,13H2,1-3H3,(H,21,22). The van der Waals surface area contributed by atoms with Crippen LogP contribution in [0.15, 0.2) is 18.2 Å². The van der Waals surface area contributed by atoms with E-state index in [-0.39, 0.29) is 11.9 Å². The fraction of sp³-hybridized carbons (Fsp3) is 0.632. The van der Waals surface area contributed by atoms with Crippen molar-refractivity contribution >= 4 is 5.91 Å². The molecule has 1 aromatic carbocycles. The van der Waals surface area contributed by atoms with Crippen LogP contribution in [0.1, 0.15) is 50.4 Å². The molecule has 2 unspecified atom stereocenters. The van der Waals surface area contributed by atoms with Gasteiger partial charge in [-0.2, -0.15) is 0 Å². The molecule has 5 heteroatoms. The van der Waals surface area contributed by atoms with E-state index < -0.39 is 0 Å². The second kappa shape index (κ2) is 9.52. The third-order valence-electron chi connectivity index (χ3n) is 4.41. The van der Waals surface area contributed by atoms with Crippen LogP contribution in [0.25, 0.3) is 0 Å². The van der Waals surface area contributed by atoms with E-state index in [1.807, 2.05) is 13.0 Å². The molecular formula is C19H30N2O3. The number of piperidine rings is 1. The van der Waals surface area contributed by atoms with Gasteiger partial charge in [-0.3, -0.25) is 4.79 Å². The van der Waals surface area contributed by atoms with E-state index in [0.717, 1.165) is 32.4 Å². The molecule has 24 heavy (non-hydrogen) atoms. The smallest absolute Gasteiger partial charge is 0.251 e. The number of hydrogen-bond acceptors (Lipinski definition) is 4. The second-order valence-corrected chi connectivity index (χ2v) is 6.35. The van der Waals surface area contributed by atoms with Gasteiger partial charge in [-0.15, -0.1) is 0 Å². The lowest BCUT2D eigenvalue weighted by Crippen LogP contribution is -2.50. The van der Waals surface area contributed by atoms with Crippen molar-refractivity contribution in [2.75, 3.05) is 26.3 Å². The minimum atomic E-state index is -0.0587. The van der Waals surface area contributed by atoms with E-state index in [1.54, 1.807) is 12.1 Å². The largest absolute Gasteiger partial charge is 0.490 e. The van der Waals surface area contributed by atoms with Gasteiger partial charge in [0.25, 0.3) is 5.91 Å². The lowest BCUT2D eigenvalue weighted by atomic mass is 9.94. The lowest BCUT2D eigenvalue weighted by molar-refractivity contribution is 0.0914. The number of rotatable bonds is 8. The Morgan fingerprint density at radius 2 is 2.12 bits per heavy atom. The summed E-state index contributed by atoms with van der Waals surface area (Å²) in [6.45, 7) is 9.28. The predicted molar refractivity (Wildman–Crippen MR) is 95.9 cm³/mol. The number of ether oxygens (including phenoxy) is 2. The molecule has 2 N–H and O–H groups in total. The van der Waals surface area contributed by atoms with Gasteiger partial charge < -0.3 is 20.1 Å². The highest BCUT2D eigenvalue weighted by atomic mass is 16.5. The first-order valence-corrected chi connectivity index (χ1v) is 9.06. The van der Waals surface area contributed by atoms with Gasteiger partial charge in [0, 0.05) is 18.2 Å². The molecule has 0 aromatic heterocycles. The lowest BCUT2D eigenvalue weighted by Gasteiger charge is -2.30. The molecule has 2 rings (SSSR count). The van der Waals surface area contributed by atoms with E-state index in [1.165, 1.54) is 0 Å². The number of benzene rings is 1. The molecule has 134 valence electrons. The summed E-state index contributed by atoms with van der Waals surface area (Å²) >= 11 is 0. The highest BCUT2D eigenvalue weighted by Crippen LogP contribution is 2.29. The van der Waals surface area contributed by atoms with Crippen LogP contribution in [-0.4, -0.2) is 38.3 Å². The maximum Gasteiger partial charge on any atom is 0.251 e. The molecule has 1 aliphatic rings. The minimum absolute atomic E-state index is 0.0587. The molecule has 1 aliphatic heterocycles. The van der Waals surface area contributed by atoms with Gasteiger partial charge in [0.15, 0.2) is 11.5 Å². The first kappa shape index (κ1) is 18.6. The number of carbonyl (C=O) groups is 1. The first-order chi connectivity index (χ1) is 11.7. The van der Waals surface area contributed by atoms with Crippen LogP contribution >= 0.6 is 0 Å². The summed E-state index contributed by atoms with van der Waals surface area (Å²) in [5.41, 5.74) is 0.610. The molecule has 0 radical (unpaired) electrons. The third kappa shape index (κ3) is 5.13. The van der Waals surface area contributed by atoms with Crippen LogP contribution < -0.4 is 20.1 Å². The monoisotopic (exact) mass is 334 g/mol. The summed E-state index contributed by atoms with van der Waals surface area (Å²) in [5, 5.41) is 6.46. The third-order valence-corrected chi connectivity index (χ3v) is 4.41. The van der Waals surface area contributed by atoms with Crippen molar-refractivity contribution in [3.63, 3.8) is 0 Å². The predicted octanol–water partition coefficient (Wildman–Crippen LogP) is 2.99. The van der Waals surface area contributed by atoms with Crippen molar-refractivity contribution in [1.29, 1.82) is 0 Å². The highest BCUT2D eigenvalue weighted by Gasteiger charge is 2.23. The summed E-state index contributed by atoms with van der Waals surface area (Å²) in [6, 6.07) is 5.58. The van der Waals surface area contributed by atoms with Crippen molar-refractivity contribution in [1.82, 2.24) is 10.6 Å². The molecule has 1 aromatic rings. The molecule has 1 fully saturated rings. The molecule has 0 spiro atoms. The van der Waals surface area contributed by atoms with Crippen molar-refractivity contribution in [3.8, 4) is 11.5 Å². The Bertz CT molecular complexity index is 533. The Hall–Kier alpha value is -1.75. The van der Waals surface area contributed by atoms with Gasteiger partial charge >= 0.3 is 0 Å². The minimum Gasteiger partial charge on any atom is -0.490 e. The fourth-order valence-electron chi connectivity index (χ4n) is 2.80. The first-order valence-electron chi connectivity index (χ1n) is 9.06. The van der Waals surface area contributed by atoms with Crippen LogP contribution in [0.2, 0.25) is 0 Å². The van der Waals surface area contributed by atoms with Gasteiger partial charge in [0.05, 0.1) is 13.2 Å². The van der Waals surface area contributed by atoms with Crippen molar-refractivity contribution in [2.45, 2.75) is 46.1 Å². The number of hydrogen-bond donors (Lipinski definition) is 2. The van der Waals surface area contributed by atoms with Crippen LogP contribution in [0, 0.1) is 5.92 Å². The molecule has 1 amide bonds. The van der Waals surface area contributed by atoms with E-state index in [0.29, 0.717) is 36.2 Å². The van der Waals surface area contributed by atoms with Gasteiger partial charge in [0.1, 0.15) is 0 Å². The van der Waals surface area contributed by atoms with Crippen molar-refractivity contribution < 1.29 is 14.3 Å². The fourth-order valence-corrected chi connectivity index (χ4v) is 2.80. The Kier molecular flexibility index (Phi) is 7.37. The second-order valence-electron chi connectivity index (χ2n) is 6.35. The Morgan fingerprint density at radius 1 is 1.29 bits per heavy atom. The van der Waals surface area contributed by atoms with Crippen LogP contribution in [0.5, 0.6) is 11.5 Å². The Labute approximate surface area is 145 Å². The quantitative estimate of drug-likeness (QED) is 0.718.